The zero-order chi connectivity index (χ0) is 12.8. The van der Waals surface area contributed by atoms with E-state index in [0.29, 0.717) is 0 Å². The number of fused-ring (bicyclic) bond motifs is 1. The molecule has 0 bridgehead atoms. The van der Waals surface area contributed by atoms with Gasteiger partial charge in [0.25, 0.3) is 0 Å². The van der Waals surface area contributed by atoms with Crippen molar-refractivity contribution in [2.75, 3.05) is 0 Å². The van der Waals surface area contributed by atoms with E-state index >= 15 is 0 Å². The Morgan fingerprint density at radius 3 is 2.24 bits per heavy atom. The number of carbonyl (C=O) groups excluding carboxylic acids is 4. The zero-order valence-electron chi connectivity index (χ0n) is 8.21. The molecule has 0 fully saturated rings. The van der Waals surface area contributed by atoms with Crippen LogP contribution in [0.5, 0.6) is 0 Å². The van der Waals surface area contributed by atoms with Gasteiger partial charge in [-0.1, -0.05) is 6.07 Å². The summed E-state index contributed by atoms with van der Waals surface area (Å²) in [5, 5.41) is 0. The number of hydrogen-bond donors (Lipinski definition) is 0. The first-order valence-corrected chi connectivity index (χ1v) is 4.19. The van der Waals surface area contributed by atoms with Gasteiger partial charge in [-0.3, -0.25) is 9.59 Å². The Morgan fingerprint density at radius 2 is 1.76 bits per heavy atom. The molecule has 0 aromatic heterocycles. The summed E-state index contributed by atoms with van der Waals surface area (Å²) in [7, 11) is 0. The van der Waals surface area contributed by atoms with E-state index in [1.54, 1.807) is 0 Å². The topological polar surface area (TPSA) is 86.7 Å². The Bertz CT molecular complexity index is 476. The minimum atomic E-state index is -0.909. The number of carbonyl (C=O) groups is 4. The summed E-state index contributed by atoms with van der Waals surface area (Å²) >= 11 is 0. The number of ether oxygens (including phenoxy) is 2. The Morgan fingerprint density at radius 1 is 1.12 bits per heavy atom. The first kappa shape index (κ1) is 12.5. The van der Waals surface area contributed by atoms with Gasteiger partial charge < -0.3 is 9.47 Å². The molecule has 6 nitrogen and oxygen atoms in total. The third-order valence-electron chi connectivity index (χ3n) is 1.73. The summed E-state index contributed by atoms with van der Waals surface area (Å²) in [6.07, 6.45) is 0. The zero-order valence-corrected chi connectivity index (χ0v) is 8.21. The second kappa shape index (κ2) is 5.50. The first-order chi connectivity index (χ1) is 8.11. The van der Waals surface area contributed by atoms with Gasteiger partial charge in [0.05, 0.1) is 5.56 Å². The van der Waals surface area contributed by atoms with Crippen molar-refractivity contribution in [1.82, 2.24) is 0 Å². The highest BCUT2D eigenvalue weighted by atomic mass is 19.1. The Balaban J connectivity index is 0.000000249. The quantitative estimate of drug-likeness (QED) is 0.423. The number of rotatable bonds is 2. The van der Waals surface area contributed by atoms with Gasteiger partial charge in [0, 0.05) is 0 Å². The maximum Gasteiger partial charge on any atom is 0.349 e. The van der Waals surface area contributed by atoms with Crippen LogP contribution < -0.4 is 0 Å². The average Bonchev–Trinajstić information content (AvgIpc) is 2.58. The molecule has 0 unspecified atom stereocenters. The number of cyclic esters (lactones) is 2. The summed E-state index contributed by atoms with van der Waals surface area (Å²) in [5.74, 6) is -2.41. The van der Waals surface area contributed by atoms with E-state index in [1.807, 2.05) is 0 Å². The molecule has 0 radical (unpaired) electrons. The van der Waals surface area contributed by atoms with E-state index in [9.17, 15) is 14.0 Å². The van der Waals surface area contributed by atoms with Gasteiger partial charge in [0.1, 0.15) is 11.4 Å². The van der Waals surface area contributed by atoms with E-state index in [2.05, 4.69) is 9.47 Å². The SMILES string of the molecule is O=C1OC(=O)c2c(F)cccc21.O=COC=O. The van der Waals surface area contributed by atoms with Crippen LogP contribution >= 0.6 is 0 Å². The van der Waals surface area contributed by atoms with Gasteiger partial charge >= 0.3 is 24.9 Å². The number of halogens is 1. The van der Waals surface area contributed by atoms with Crippen LogP contribution in [0.1, 0.15) is 20.7 Å². The molecular weight excluding hydrogens is 235 g/mol. The maximum absolute atomic E-state index is 12.9. The molecule has 0 N–H and O–H groups in total. The molecule has 88 valence electrons. The van der Waals surface area contributed by atoms with E-state index in [-0.39, 0.29) is 24.1 Å². The lowest BCUT2D eigenvalue weighted by molar-refractivity contribution is -0.141. The minimum Gasteiger partial charge on any atom is -0.398 e. The monoisotopic (exact) mass is 240 g/mol. The van der Waals surface area contributed by atoms with Crippen LogP contribution in [-0.4, -0.2) is 24.9 Å². The van der Waals surface area contributed by atoms with Crippen molar-refractivity contribution in [2.24, 2.45) is 0 Å². The predicted octanol–water partition coefficient (Wildman–Crippen LogP) is 0.452. The summed E-state index contributed by atoms with van der Waals surface area (Å²) in [6, 6.07) is 3.82. The van der Waals surface area contributed by atoms with Crippen molar-refractivity contribution >= 4 is 24.9 Å². The average molecular weight is 240 g/mol. The summed E-state index contributed by atoms with van der Waals surface area (Å²) < 4.78 is 20.5. The van der Waals surface area contributed by atoms with Gasteiger partial charge in [0.15, 0.2) is 0 Å². The van der Waals surface area contributed by atoms with Crippen LogP contribution in [0, 0.1) is 5.82 Å². The van der Waals surface area contributed by atoms with Crippen molar-refractivity contribution in [2.45, 2.75) is 0 Å². The summed E-state index contributed by atoms with van der Waals surface area (Å²) in [5.41, 5.74) is -0.262. The fourth-order valence-electron chi connectivity index (χ4n) is 1.11. The molecule has 1 aromatic rings. The normalized spacial score (nSPS) is 11.8. The molecule has 17 heavy (non-hydrogen) atoms. The lowest BCUT2D eigenvalue weighted by Crippen LogP contribution is -1.98. The van der Waals surface area contributed by atoms with Gasteiger partial charge in [-0.05, 0) is 12.1 Å². The molecule has 1 heterocycles. The fourth-order valence-corrected chi connectivity index (χ4v) is 1.11. The van der Waals surface area contributed by atoms with Crippen LogP contribution in [0.25, 0.3) is 0 Å². The molecule has 0 spiro atoms. The molecule has 0 saturated heterocycles. The molecule has 0 atom stereocenters. The largest absolute Gasteiger partial charge is 0.398 e. The minimum absolute atomic E-state index is 0.000000000000000444. The van der Waals surface area contributed by atoms with Crippen molar-refractivity contribution in [3.63, 3.8) is 0 Å². The van der Waals surface area contributed by atoms with Crippen LogP contribution in [0.4, 0.5) is 4.39 Å². The molecule has 0 saturated carbocycles. The van der Waals surface area contributed by atoms with Crippen LogP contribution in [0.3, 0.4) is 0 Å². The Labute approximate surface area is 93.9 Å². The first-order valence-electron chi connectivity index (χ1n) is 4.19. The number of hydrogen-bond acceptors (Lipinski definition) is 6. The molecule has 0 aliphatic carbocycles. The third-order valence-corrected chi connectivity index (χ3v) is 1.73. The maximum atomic E-state index is 12.9. The number of benzene rings is 1. The van der Waals surface area contributed by atoms with Gasteiger partial charge in [0.2, 0.25) is 0 Å². The van der Waals surface area contributed by atoms with Gasteiger partial charge in [-0.2, -0.15) is 0 Å². The molecule has 1 aliphatic heterocycles. The second-order valence-corrected chi connectivity index (χ2v) is 2.67. The molecule has 2 rings (SSSR count). The Kier molecular flexibility index (Phi) is 4.04. The van der Waals surface area contributed by atoms with E-state index in [4.69, 9.17) is 9.59 Å². The van der Waals surface area contributed by atoms with Crippen molar-refractivity contribution in [3.05, 3.63) is 35.1 Å². The lowest BCUT2D eigenvalue weighted by Gasteiger charge is -1.91. The second-order valence-electron chi connectivity index (χ2n) is 2.67. The van der Waals surface area contributed by atoms with E-state index < -0.39 is 17.8 Å². The van der Waals surface area contributed by atoms with Crippen LogP contribution in [0.2, 0.25) is 0 Å². The molecular formula is C10H5FO6. The molecule has 0 amide bonds. The van der Waals surface area contributed by atoms with Gasteiger partial charge in [-0.25, -0.2) is 14.0 Å². The van der Waals surface area contributed by atoms with Crippen molar-refractivity contribution < 1.29 is 33.0 Å². The third kappa shape index (κ3) is 2.71. The fraction of sp³-hybridized carbons (Fsp3) is 0. The van der Waals surface area contributed by atoms with Gasteiger partial charge in [-0.15, -0.1) is 0 Å². The highest BCUT2D eigenvalue weighted by Gasteiger charge is 2.32. The lowest BCUT2D eigenvalue weighted by atomic mass is 10.1. The van der Waals surface area contributed by atoms with E-state index in [0.717, 1.165) is 6.07 Å². The smallest absolute Gasteiger partial charge is 0.349 e. The highest BCUT2D eigenvalue weighted by molar-refractivity contribution is 6.14. The standard InChI is InChI=1S/C8H3FO3.C2H2O3/c9-5-3-1-2-4-6(5)8(11)12-7(4)10;3-1-5-2-4/h1-3H;1-2H. The molecule has 1 aliphatic rings. The van der Waals surface area contributed by atoms with Crippen LogP contribution in [0.15, 0.2) is 18.2 Å². The van der Waals surface area contributed by atoms with Crippen molar-refractivity contribution in [1.29, 1.82) is 0 Å². The molecule has 1 aromatic carbocycles. The van der Waals surface area contributed by atoms with Crippen molar-refractivity contribution in [3.8, 4) is 0 Å². The highest BCUT2D eigenvalue weighted by Crippen LogP contribution is 2.21. The van der Waals surface area contributed by atoms with Crippen LogP contribution in [-0.2, 0) is 19.1 Å². The Hall–Kier alpha value is -2.57. The number of esters is 2. The van der Waals surface area contributed by atoms with E-state index in [1.165, 1.54) is 12.1 Å². The molecule has 7 heteroatoms. The predicted molar refractivity (Wildman–Crippen MR) is 49.4 cm³/mol. The summed E-state index contributed by atoms with van der Waals surface area (Å²) in [4.78, 5) is 39.5. The summed E-state index contributed by atoms with van der Waals surface area (Å²) in [6.45, 7) is 0.125.